The average molecular weight is 114 g/mol. The van der Waals surface area contributed by atoms with Gasteiger partial charge < -0.3 is 5.11 Å². The molecule has 0 heterocycles. The van der Waals surface area contributed by atoms with Crippen LogP contribution in [0, 0.1) is 5.92 Å². The zero-order valence-corrected chi connectivity index (χ0v) is 5.43. The molecular formula is C7H14O. The molecule has 48 valence electrons. The van der Waals surface area contributed by atoms with Gasteiger partial charge in [-0.3, -0.25) is 0 Å². The first kappa shape index (κ1) is 6.09. The molecule has 8 heavy (non-hydrogen) atoms. The van der Waals surface area contributed by atoms with Crippen LogP contribution in [0.3, 0.4) is 0 Å². The van der Waals surface area contributed by atoms with Crippen LogP contribution in [0.5, 0.6) is 0 Å². The SMILES string of the molecule is CC[C@@H]1CC[C@H](O)C1. The van der Waals surface area contributed by atoms with Crippen molar-refractivity contribution in [3.63, 3.8) is 0 Å². The fourth-order valence-corrected chi connectivity index (χ4v) is 1.42. The molecule has 0 aromatic heterocycles. The van der Waals surface area contributed by atoms with Crippen molar-refractivity contribution in [3.8, 4) is 0 Å². The van der Waals surface area contributed by atoms with Gasteiger partial charge in [-0.05, 0) is 25.2 Å². The minimum atomic E-state index is 0.0277. The summed E-state index contributed by atoms with van der Waals surface area (Å²) in [5, 5.41) is 9.03. The maximum absolute atomic E-state index is 9.03. The van der Waals surface area contributed by atoms with Crippen LogP contribution in [-0.2, 0) is 0 Å². The van der Waals surface area contributed by atoms with Crippen molar-refractivity contribution >= 4 is 0 Å². The Kier molecular flexibility index (Phi) is 1.90. The van der Waals surface area contributed by atoms with Crippen LogP contribution in [0.15, 0.2) is 0 Å². The molecule has 0 unspecified atom stereocenters. The standard InChI is InChI=1S/C7H14O/c1-2-6-3-4-7(8)5-6/h6-8H,2-5H2,1H3/t6-,7+/m1/s1. The lowest BCUT2D eigenvalue weighted by molar-refractivity contribution is 0.177. The van der Waals surface area contributed by atoms with Crippen LogP contribution in [0.2, 0.25) is 0 Å². The van der Waals surface area contributed by atoms with E-state index in [1.54, 1.807) is 0 Å². The maximum Gasteiger partial charge on any atom is 0.0543 e. The molecule has 0 spiro atoms. The summed E-state index contributed by atoms with van der Waals surface area (Å²) in [7, 11) is 0. The van der Waals surface area contributed by atoms with E-state index in [4.69, 9.17) is 5.11 Å². The van der Waals surface area contributed by atoms with E-state index < -0.39 is 0 Å². The molecule has 0 bridgehead atoms. The summed E-state index contributed by atoms with van der Waals surface area (Å²) >= 11 is 0. The maximum atomic E-state index is 9.03. The largest absolute Gasteiger partial charge is 0.393 e. The molecule has 2 atom stereocenters. The van der Waals surface area contributed by atoms with Crippen LogP contribution in [0.1, 0.15) is 32.6 Å². The van der Waals surface area contributed by atoms with E-state index in [0.29, 0.717) is 0 Å². The number of hydrogen-bond acceptors (Lipinski definition) is 1. The van der Waals surface area contributed by atoms with E-state index in [9.17, 15) is 0 Å². The normalized spacial score (nSPS) is 38.2. The van der Waals surface area contributed by atoms with Crippen molar-refractivity contribution in [1.82, 2.24) is 0 Å². The summed E-state index contributed by atoms with van der Waals surface area (Å²) in [4.78, 5) is 0. The lowest BCUT2D eigenvalue weighted by Crippen LogP contribution is -1.98. The predicted molar refractivity (Wildman–Crippen MR) is 33.6 cm³/mol. The topological polar surface area (TPSA) is 20.2 Å². The van der Waals surface area contributed by atoms with Gasteiger partial charge in [-0.15, -0.1) is 0 Å². The van der Waals surface area contributed by atoms with Crippen LogP contribution < -0.4 is 0 Å². The predicted octanol–water partition coefficient (Wildman–Crippen LogP) is 1.56. The van der Waals surface area contributed by atoms with Gasteiger partial charge in [0.15, 0.2) is 0 Å². The lowest BCUT2D eigenvalue weighted by Gasteiger charge is -2.01. The zero-order valence-electron chi connectivity index (χ0n) is 5.43. The molecule has 1 aliphatic rings. The fourth-order valence-electron chi connectivity index (χ4n) is 1.42. The Morgan fingerprint density at radius 3 is 2.50 bits per heavy atom. The van der Waals surface area contributed by atoms with Gasteiger partial charge in [-0.1, -0.05) is 13.3 Å². The van der Waals surface area contributed by atoms with Crippen molar-refractivity contribution in [3.05, 3.63) is 0 Å². The third-order valence-electron chi connectivity index (χ3n) is 2.09. The van der Waals surface area contributed by atoms with Crippen LogP contribution >= 0.6 is 0 Å². The molecular weight excluding hydrogens is 100 g/mol. The van der Waals surface area contributed by atoms with E-state index in [-0.39, 0.29) is 6.10 Å². The van der Waals surface area contributed by atoms with Gasteiger partial charge in [-0.25, -0.2) is 0 Å². The molecule has 1 nitrogen and oxygen atoms in total. The summed E-state index contributed by atoms with van der Waals surface area (Å²) in [6.45, 7) is 2.20. The molecule has 1 saturated carbocycles. The van der Waals surface area contributed by atoms with Gasteiger partial charge in [0, 0.05) is 0 Å². The van der Waals surface area contributed by atoms with Crippen molar-refractivity contribution in [2.45, 2.75) is 38.7 Å². The zero-order chi connectivity index (χ0) is 5.98. The van der Waals surface area contributed by atoms with Crippen LogP contribution in [0.4, 0.5) is 0 Å². The number of aliphatic hydroxyl groups is 1. The van der Waals surface area contributed by atoms with Crippen molar-refractivity contribution in [2.24, 2.45) is 5.92 Å². The highest BCUT2D eigenvalue weighted by Gasteiger charge is 2.20. The molecule has 0 aromatic rings. The molecule has 1 rings (SSSR count). The Morgan fingerprint density at radius 2 is 2.25 bits per heavy atom. The van der Waals surface area contributed by atoms with Gasteiger partial charge in [0.05, 0.1) is 6.10 Å². The van der Waals surface area contributed by atoms with E-state index in [2.05, 4.69) is 6.92 Å². The van der Waals surface area contributed by atoms with Crippen molar-refractivity contribution in [2.75, 3.05) is 0 Å². The molecule has 0 amide bonds. The monoisotopic (exact) mass is 114 g/mol. The Bertz CT molecular complexity index is 70.8. The molecule has 0 saturated heterocycles. The second kappa shape index (κ2) is 2.49. The summed E-state index contributed by atoms with van der Waals surface area (Å²) in [6, 6.07) is 0. The van der Waals surface area contributed by atoms with E-state index in [1.807, 2.05) is 0 Å². The van der Waals surface area contributed by atoms with Gasteiger partial charge in [0.1, 0.15) is 0 Å². The number of hydrogen-bond donors (Lipinski definition) is 1. The highest BCUT2D eigenvalue weighted by atomic mass is 16.3. The summed E-state index contributed by atoms with van der Waals surface area (Å²) in [5.41, 5.74) is 0. The smallest absolute Gasteiger partial charge is 0.0543 e. The van der Waals surface area contributed by atoms with E-state index in [1.165, 1.54) is 12.8 Å². The molecule has 0 aromatic carbocycles. The Hall–Kier alpha value is -0.0400. The van der Waals surface area contributed by atoms with Gasteiger partial charge in [0.25, 0.3) is 0 Å². The Labute approximate surface area is 50.7 Å². The molecule has 1 aliphatic carbocycles. The third kappa shape index (κ3) is 1.22. The quantitative estimate of drug-likeness (QED) is 0.548. The number of rotatable bonds is 1. The van der Waals surface area contributed by atoms with Gasteiger partial charge >= 0.3 is 0 Å². The van der Waals surface area contributed by atoms with Crippen LogP contribution in [0.25, 0.3) is 0 Å². The summed E-state index contributed by atoms with van der Waals surface area (Å²) < 4.78 is 0. The lowest BCUT2D eigenvalue weighted by atomic mass is 10.1. The average Bonchev–Trinajstić information content (AvgIpc) is 2.14. The Morgan fingerprint density at radius 1 is 1.50 bits per heavy atom. The van der Waals surface area contributed by atoms with Gasteiger partial charge in [0.2, 0.25) is 0 Å². The first-order chi connectivity index (χ1) is 3.83. The Balaban J connectivity index is 2.22. The molecule has 1 heteroatoms. The van der Waals surface area contributed by atoms with E-state index in [0.717, 1.165) is 18.8 Å². The number of aliphatic hydroxyl groups excluding tert-OH is 1. The van der Waals surface area contributed by atoms with Gasteiger partial charge in [-0.2, -0.15) is 0 Å². The molecule has 0 aliphatic heterocycles. The summed E-state index contributed by atoms with van der Waals surface area (Å²) in [5.74, 6) is 0.824. The van der Waals surface area contributed by atoms with Crippen molar-refractivity contribution < 1.29 is 5.11 Å². The first-order valence-corrected chi connectivity index (χ1v) is 3.51. The minimum Gasteiger partial charge on any atom is -0.393 e. The highest BCUT2D eigenvalue weighted by molar-refractivity contribution is 4.72. The second-order valence-corrected chi connectivity index (χ2v) is 2.74. The van der Waals surface area contributed by atoms with Crippen molar-refractivity contribution in [1.29, 1.82) is 0 Å². The van der Waals surface area contributed by atoms with E-state index >= 15 is 0 Å². The molecule has 1 N–H and O–H groups in total. The fraction of sp³-hybridized carbons (Fsp3) is 1.00. The third-order valence-corrected chi connectivity index (χ3v) is 2.09. The van der Waals surface area contributed by atoms with Crippen LogP contribution in [-0.4, -0.2) is 11.2 Å². The summed E-state index contributed by atoms with van der Waals surface area (Å²) in [6.07, 6.45) is 4.61. The first-order valence-electron chi connectivity index (χ1n) is 3.51. The highest BCUT2D eigenvalue weighted by Crippen LogP contribution is 2.27. The molecule has 1 fully saturated rings. The minimum absolute atomic E-state index is 0.0277. The molecule has 0 radical (unpaired) electrons. The second-order valence-electron chi connectivity index (χ2n) is 2.74.